The highest BCUT2D eigenvalue weighted by Crippen LogP contribution is 2.24. The molecule has 0 spiro atoms. The van der Waals surface area contributed by atoms with Crippen molar-refractivity contribution in [3.8, 4) is 0 Å². The number of rotatable bonds is 3. The van der Waals surface area contributed by atoms with Gasteiger partial charge in [-0.1, -0.05) is 6.07 Å². The molecule has 0 aliphatic heterocycles. The normalized spacial score (nSPS) is 12.2. The number of aromatic nitrogens is 1. The van der Waals surface area contributed by atoms with Gasteiger partial charge < -0.3 is 10.0 Å². The minimum absolute atomic E-state index is 0.286. The van der Waals surface area contributed by atoms with E-state index in [1.54, 1.807) is 42.3 Å². The van der Waals surface area contributed by atoms with E-state index in [9.17, 15) is 9.50 Å². The zero-order chi connectivity index (χ0) is 13.1. The fourth-order valence-electron chi connectivity index (χ4n) is 1.69. The van der Waals surface area contributed by atoms with Gasteiger partial charge in [-0.05, 0) is 42.8 Å². The Hall–Kier alpha value is -1.94. The second-order valence-corrected chi connectivity index (χ2v) is 4.16. The van der Waals surface area contributed by atoms with Gasteiger partial charge in [0.1, 0.15) is 11.6 Å². The maximum atomic E-state index is 13.2. The van der Waals surface area contributed by atoms with Crippen molar-refractivity contribution in [1.82, 2.24) is 4.98 Å². The van der Waals surface area contributed by atoms with Crippen molar-refractivity contribution >= 4 is 11.5 Å². The number of halogens is 1. The van der Waals surface area contributed by atoms with Gasteiger partial charge in [0.15, 0.2) is 0 Å². The molecule has 1 N–H and O–H groups in total. The van der Waals surface area contributed by atoms with E-state index in [0.717, 1.165) is 5.56 Å². The zero-order valence-electron chi connectivity index (χ0n) is 10.3. The molecule has 0 radical (unpaired) electrons. The Morgan fingerprint density at radius 3 is 2.72 bits per heavy atom. The van der Waals surface area contributed by atoms with Crippen LogP contribution in [0.25, 0.3) is 0 Å². The summed E-state index contributed by atoms with van der Waals surface area (Å²) in [6, 6.07) is 9.84. The third kappa shape index (κ3) is 2.65. The molecule has 0 amide bonds. The molecule has 1 aromatic heterocycles. The molecule has 1 atom stereocenters. The predicted octanol–water partition coefficient (Wildman–Crippen LogP) is 3.04. The van der Waals surface area contributed by atoms with Crippen molar-refractivity contribution in [2.24, 2.45) is 0 Å². The topological polar surface area (TPSA) is 36.4 Å². The van der Waals surface area contributed by atoms with Crippen molar-refractivity contribution in [1.29, 1.82) is 0 Å². The van der Waals surface area contributed by atoms with Crippen molar-refractivity contribution < 1.29 is 9.50 Å². The van der Waals surface area contributed by atoms with Crippen LogP contribution in [0.15, 0.2) is 42.6 Å². The maximum Gasteiger partial charge on any atom is 0.133 e. The smallest absolute Gasteiger partial charge is 0.133 e. The average Bonchev–Trinajstić information content (AvgIpc) is 2.38. The molecular weight excluding hydrogens is 231 g/mol. The first-order chi connectivity index (χ1) is 8.58. The highest BCUT2D eigenvalue weighted by Gasteiger charge is 2.08. The molecule has 0 saturated heterocycles. The van der Waals surface area contributed by atoms with E-state index in [2.05, 4.69) is 4.98 Å². The minimum Gasteiger partial charge on any atom is -0.389 e. The fraction of sp³-hybridized carbons (Fsp3) is 0.214. The number of pyridine rings is 1. The molecule has 18 heavy (non-hydrogen) atoms. The monoisotopic (exact) mass is 246 g/mol. The summed E-state index contributed by atoms with van der Waals surface area (Å²) in [4.78, 5) is 5.99. The van der Waals surface area contributed by atoms with Gasteiger partial charge in [0.05, 0.1) is 6.10 Å². The lowest BCUT2D eigenvalue weighted by molar-refractivity contribution is 0.199. The van der Waals surface area contributed by atoms with Gasteiger partial charge >= 0.3 is 0 Å². The lowest BCUT2D eigenvalue weighted by Crippen LogP contribution is -2.11. The molecule has 1 aromatic carbocycles. The Morgan fingerprint density at radius 1 is 1.28 bits per heavy atom. The van der Waals surface area contributed by atoms with Gasteiger partial charge in [0, 0.05) is 18.9 Å². The van der Waals surface area contributed by atoms with E-state index in [4.69, 9.17) is 0 Å². The summed E-state index contributed by atoms with van der Waals surface area (Å²) < 4.78 is 13.2. The maximum absolute atomic E-state index is 13.2. The van der Waals surface area contributed by atoms with Crippen LogP contribution in [-0.4, -0.2) is 17.1 Å². The van der Waals surface area contributed by atoms with Crippen LogP contribution < -0.4 is 4.90 Å². The van der Waals surface area contributed by atoms with Gasteiger partial charge in [0.25, 0.3) is 0 Å². The van der Waals surface area contributed by atoms with Crippen LogP contribution >= 0.6 is 0 Å². The molecule has 94 valence electrons. The molecule has 1 heterocycles. The highest BCUT2D eigenvalue weighted by molar-refractivity contribution is 5.59. The Labute approximate surface area is 106 Å². The molecule has 1 unspecified atom stereocenters. The van der Waals surface area contributed by atoms with E-state index in [-0.39, 0.29) is 5.82 Å². The number of hydrogen-bond acceptors (Lipinski definition) is 3. The Bertz CT molecular complexity index is 543. The van der Waals surface area contributed by atoms with E-state index < -0.39 is 6.10 Å². The number of benzene rings is 1. The van der Waals surface area contributed by atoms with Gasteiger partial charge in [-0.2, -0.15) is 0 Å². The quantitative estimate of drug-likeness (QED) is 0.904. The van der Waals surface area contributed by atoms with Crippen LogP contribution in [0.4, 0.5) is 15.9 Å². The summed E-state index contributed by atoms with van der Waals surface area (Å²) >= 11 is 0. The van der Waals surface area contributed by atoms with E-state index >= 15 is 0 Å². The largest absolute Gasteiger partial charge is 0.389 e. The van der Waals surface area contributed by atoms with Gasteiger partial charge in [-0.3, -0.25) is 0 Å². The van der Waals surface area contributed by atoms with Crippen LogP contribution in [0.2, 0.25) is 0 Å². The minimum atomic E-state index is -0.548. The first kappa shape index (κ1) is 12.5. The third-order valence-electron chi connectivity index (χ3n) is 2.79. The average molecular weight is 246 g/mol. The van der Waals surface area contributed by atoms with E-state index in [1.165, 1.54) is 12.1 Å². The molecule has 2 rings (SSSR count). The van der Waals surface area contributed by atoms with Crippen LogP contribution in [0, 0.1) is 5.82 Å². The van der Waals surface area contributed by atoms with Crippen LogP contribution in [0.3, 0.4) is 0 Å². The number of aliphatic hydroxyl groups excluding tert-OH is 1. The van der Waals surface area contributed by atoms with Crippen LogP contribution in [0.5, 0.6) is 0 Å². The molecule has 0 saturated carbocycles. The summed E-state index contributed by atoms with van der Waals surface area (Å²) in [5, 5.41) is 9.54. The van der Waals surface area contributed by atoms with Gasteiger partial charge in [-0.25, -0.2) is 9.37 Å². The summed E-state index contributed by atoms with van der Waals surface area (Å²) in [6.45, 7) is 1.70. The third-order valence-corrected chi connectivity index (χ3v) is 2.79. The molecular formula is C14H15FN2O. The van der Waals surface area contributed by atoms with Crippen molar-refractivity contribution in [2.75, 3.05) is 11.9 Å². The number of anilines is 2. The second kappa shape index (κ2) is 5.14. The SMILES string of the molecule is CC(O)c1ccnc(N(C)c2cccc(F)c2)c1. The van der Waals surface area contributed by atoms with Crippen molar-refractivity contribution in [3.63, 3.8) is 0 Å². The summed E-state index contributed by atoms with van der Waals surface area (Å²) in [7, 11) is 1.81. The lowest BCUT2D eigenvalue weighted by atomic mass is 10.1. The standard InChI is InChI=1S/C14H15FN2O/c1-10(18)11-6-7-16-14(8-11)17(2)13-5-3-4-12(15)9-13/h3-10,18H,1-2H3. The van der Waals surface area contributed by atoms with Crippen LogP contribution in [-0.2, 0) is 0 Å². The number of hydrogen-bond donors (Lipinski definition) is 1. The molecule has 0 aliphatic carbocycles. The number of nitrogens with zero attached hydrogens (tertiary/aromatic N) is 2. The summed E-state index contributed by atoms with van der Waals surface area (Å²) in [5.74, 6) is 0.380. The molecule has 3 nitrogen and oxygen atoms in total. The van der Waals surface area contributed by atoms with Crippen molar-refractivity contribution in [3.05, 3.63) is 54.0 Å². The van der Waals surface area contributed by atoms with Crippen LogP contribution in [0.1, 0.15) is 18.6 Å². The van der Waals surface area contributed by atoms with E-state index in [0.29, 0.717) is 11.5 Å². The highest BCUT2D eigenvalue weighted by atomic mass is 19.1. The summed E-state index contributed by atoms with van der Waals surface area (Å²) in [5.41, 5.74) is 1.49. The number of aliphatic hydroxyl groups is 1. The second-order valence-electron chi connectivity index (χ2n) is 4.16. The molecule has 0 aliphatic rings. The first-order valence-corrected chi connectivity index (χ1v) is 5.71. The lowest BCUT2D eigenvalue weighted by Gasteiger charge is -2.19. The Kier molecular flexibility index (Phi) is 3.58. The van der Waals surface area contributed by atoms with E-state index in [1.807, 2.05) is 7.05 Å². The fourth-order valence-corrected chi connectivity index (χ4v) is 1.69. The van der Waals surface area contributed by atoms with Gasteiger partial charge in [0.2, 0.25) is 0 Å². The molecule has 0 bridgehead atoms. The molecule has 0 fully saturated rings. The first-order valence-electron chi connectivity index (χ1n) is 5.71. The zero-order valence-corrected chi connectivity index (χ0v) is 10.3. The van der Waals surface area contributed by atoms with Crippen molar-refractivity contribution in [2.45, 2.75) is 13.0 Å². The predicted molar refractivity (Wildman–Crippen MR) is 69.3 cm³/mol. The Morgan fingerprint density at radius 2 is 2.06 bits per heavy atom. The Balaban J connectivity index is 2.33. The molecule has 2 aromatic rings. The summed E-state index contributed by atoms with van der Waals surface area (Å²) in [6.07, 6.45) is 1.08. The van der Waals surface area contributed by atoms with Gasteiger partial charge in [-0.15, -0.1) is 0 Å². The molecule has 4 heteroatoms.